The number of benzene rings is 2. The summed E-state index contributed by atoms with van der Waals surface area (Å²) < 4.78 is 10.2. The van der Waals surface area contributed by atoms with Crippen molar-refractivity contribution in [3.05, 3.63) is 78.9 Å². The Bertz CT molecular complexity index is 1640. The number of hydrogen-bond donors (Lipinski definition) is 3. The number of ketones is 1. The van der Waals surface area contributed by atoms with Crippen molar-refractivity contribution in [1.29, 1.82) is 0 Å². The Morgan fingerprint density at radius 2 is 1.80 bits per heavy atom. The summed E-state index contributed by atoms with van der Waals surface area (Å²) >= 11 is 0. The van der Waals surface area contributed by atoms with Gasteiger partial charge in [0.25, 0.3) is 5.56 Å². The lowest BCUT2D eigenvalue weighted by Crippen LogP contribution is -2.21. The van der Waals surface area contributed by atoms with E-state index >= 15 is 0 Å². The van der Waals surface area contributed by atoms with E-state index < -0.39 is 52.3 Å². The molecule has 0 fully saturated rings. The zero-order chi connectivity index (χ0) is 25.6. The number of phenols is 2. The number of pyridine rings is 1. The van der Waals surface area contributed by atoms with E-state index in [4.69, 9.17) is 9.15 Å². The van der Waals surface area contributed by atoms with Gasteiger partial charge in [-0.2, -0.15) is 0 Å². The first-order valence-electron chi connectivity index (χ1n) is 10.8. The second kappa shape index (κ2) is 8.75. The minimum absolute atomic E-state index is 0.0190. The molecule has 4 aromatic rings. The third-order valence-corrected chi connectivity index (χ3v) is 6.16. The highest BCUT2D eigenvalue weighted by molar-refractivity contribution is 6.07. The molecule has 0 aliphatic heterocycles. The molecule has 2 aromatic carbocycles. The van der Waals surface area contributed by atoms with Crippen LogP contribution in [0.4, 0.5) is 0 Å². The highest BCUT2D eigenvalue weighted by Gasteiger charge is 2.33. The van der Waals surface area contributed by atoms with Crippen molar-refractivity contribution in [2.24, 2.45) is 0 Å². The molecule has 3 N–H and O–H groups in total. The van der Waals surface area contributed by atoms with E-state index in [9.17, 15) is 29.4 Å². The lowest BCUT2D eigenvalue weighted by Gasteiger charge is -2.22. The predicted molar refractivity (Wildman–Crippen MR) is 128 cm³/mol. The number of aromatic amines is 1. The van der Waals surface area contributed by atoms with Crippen LogP contribution in [0, 0.1) is 13.8 Å². The van der Waals surface area contributed by atoms with Gasteiger partial charge in [0.2, 0.25) is 0 Å². The topological polar surface area (TPSA) is 147 Å². The van der Waals surface area contributed by atoms with Crippen molar-refractivity contribution >= 4 is 33.6 Å². The molecule has 180 valence electrons. The number of hydrogen-bond acceptors (Lipinski definition) is 8. The standard InChI is InChI=1S/C26H23NO8/c1-11-6-5-7-14-9-16(26(33)27-22(11)14)15(10-17(29)34-4)21-24(32)20(13(3)28)23(31)19-12(2)8-18(30)35-25(19)21/h5-9,15,31-32H,10H2,1-4H3,(H,27,33). The number of aromatic hydroxyl groups is 2. The number of Topliss-reactive ketones (excluding diaryl/α,β-unsaturated/α-hetero) is 1. The maximum absolute atomic E-state index is 13.2. The summed E-state index contributed by atoms with van der Waals surface area (Å²) in [5.41, 5.74) is -0.302. The molecule has 9 nitrogen and oxygen atoms in total. The normalized spacial score (nSPS) is 12.1. The number of aromatic nitrogens is 1. The van der Waals surface area contributed by atoms with E-state index in [0.29, 0.717) is 10.9 Å². The third-order valence-electron chi connectivity index (χ3n) is 6.16. The molecule has 0 saturated heterocycles. The van der Waals surface area contributed by atoms with Crippen molar-refractivity contribution in [2.75, 3.05) is 7.11 Å². The lowest BCUT2D eigenvalue weighted by molar-refractivity contribution is -0.140. The van der Waals surface area contributed by atoms with Gasteiger partial charge in [-0.25, -0.2) is 4.79 Å². The molecule has 1 atom stereocenters. The fraction of sp³-hybridized carbons (Fsp3) is 0.231. The van der Waals surface area contributed by atoms with Crippen LogP contribution in [0.3, 0.4) is 0 Å². The Balaban J connectivity index is 2.18. The van der Waals surface area contributed by atoms with Gasteiger partial charge in [0.05, 0.1) is 24.4 Å². The molecule has 0 amide bonds. The zero-order valence-electron chi connectivity index (χ0n) is 19.5. The minimum Gasteiger partial charge on any atom is -0.507 e. The number of rotatable bonds is 5. The fourth-order valence-corrected chi connectivity index (χ4v) is 4.51. The number of carbonyl (C=O) groups is 2. The number of nitrogens with one attached hydrogen (secondary N) is 1. The maximum atomic E-state index is 13.2. The molecule has 0 aliphatic rings. The molecule has 2 heterocycles. The first kappa shape index (κ1) is 23.7. The van der Waals surface area contributed by atoms with E-state index in [1.54, 1.807) is 18.2 Å². The summed E-state index contributed by atoms with van der Waals surface area (Å²) in [4.78, 5) is 53.2. The summed E-state index contributed by atoms with van der Waals surface area (Å²) in [5, 5.41) is 22.7. The van der Waals surface area contributed by atoms with E-state index in [1.807, 2.05) is 13.0 Å². The number of ether oxygens (including phenoxy) is 1. The van der Waals surface area contributed by atoms with Gasteiger partial charge < -0.3 is 24.4 Å². The Morgan fingerprint density at radius 1 is 1.09 bits per heavy atom. The molecule has 35 heavy (non-hydrogen) atoms. The van der Waals surface area contributed by atoms with Gasteiger partial charge in [0.15, 0.2) is 5.78 Å². The molecule has 4 rings (SSSR count). The van der Waals surface area contributed by atoms with E-state index in [-0.39, 0.29) is 27.7 Å². The first-order valence-corrected chi connectivity index (χ1v) is 10.8. The number of aryl methyl sites for hydroxylation is 2. The fourth-order valence-electron chi connectivity index (χ4n) is 4.51. The summed E-state index contributed by atoms with van der Waals surface area (Å²) in [5.74, 6) is -3.79. The molecule has 9 heteroatoms. The van der Waals surface area contributed by atoms with Crippen LogP contribution in [0.1, 0.15) is 51.9 Å². The lowest BCUT2D eigenvalue weighted by atomic mass is 9.84. The number of carbonyl (C=O) groups excluding carboxylic acids is 2. The minimum atomic E-state index is -1.18. The predicted octanol–water partition coefficient (Wildman–Crippen LogP) is 3.56. The van der Waals surface area contributed by atoms with Gasteiger partial charge in [-0.3, -0.25) is 14.4 Å². The molecule has 0 spiro atoms. The van der Waals surface area contributed by atoms with Crippen molar-refractivity contribution < 1.29 is 29.0 Å². The largest absolute Gasteiger partial charge is 0.507 e. The Labute approximate surface area is 198 Å². The van der Waals surface area contributed by atoms with Gasteiger partial charge in [0, 0.05) is 23.1 Å². The van der Waals surface area contributed by atoms with Crippen molar-refractivity contribution in [3.63, 3.8) is 0 Å². The molecule has 0 bridgehead atoms. The number of phenolic OH excluding ortho intramolecular Hbond substituents is 2. The number of esters is 1. The number of para-hydroxylation sites is 1. The summed E-state index contributed by atoms with van der Waals surface area (Å²) in [6.07, 6.45) is -0.417. The summed E-state index contributed by atoms with van der Waals surface area (Å²) in [7, 11) is 1.17. The van der Waals surface area contributed by atoms with Gasteiger partial charge in [-0.15, -0.1) is 0 Å². The van der Waals surface area contributed by atoms with Crippen LogP contribution < -0.4 is 11.2 Å². The second-order valence-electron chi connectivity index (χ2n) is 8.42. The van der Waals surface area contributed by atoms with E-state index in [0.717, 1.165) is 18.6 Å². The van der Waals surface area contributed by atoms with Gasteiger partial charge in [-0.1, -0.05) is 18.2 Å². The van der Waals surface area contributed by atoms with Gasteiger partial charge in [-0.05, 0) is 43.4 Å². The van der Waals surface area contributed by atoms with E-state index in [1.165, 1.54) is 14.0 Å². The van der Waals surface area contributed by atoms with E-state index in [2.05, 4.69) is 4.98 Å². The molecule has 0 radical (unpaired) electrons. The Kier molecular flexibility index (Phi) is 5.94. The van der Waals surface area contributed by atoms with Crippen LogP contribution in [0.5, 0.6) is 11.5 Å². The van der Waals surface area contributed by atoms with Gasteiger partial charge in [0.1, 0.15) is 22.6 Å². The molecule has 2 aromatic heterocycles. The summed E-state index contributed by atoms with van der Waals surface area (Å²) in [6.45, 7) is 4.52. The monoisotopic (exact) mass is 477 g/mol. The van der Waals surface area contributed by atoms with Gasteiger partial charge >= 0.3 is 11.6 Å². The Morgan fingerprint density at radius 3 is 2.46 bits per heavy atom. The SMILES string of the molecule is COC(=O)CC(c1cc2cccc(C)c2[nH]c1=O)c1c(O)c(C(C)=O)c(O)c2c(C)cc(=O)oc12. The second-order valence-corrected chi connectivity index (χ2v) is 8.42. The van der Waals surface area contributed by atoms with Crippen LogP contribution in [0.25, 0.3) is 21.9 Å². The first-order chi connectivity index (χ1) is 16.5. The molecule has 0 saturated carbocycles. The highest BCUT2D eigenvalue weighted by atomic mass is 16.5. The number of methoxy groups -OCH3 is 1. The summed E-state index contributed by atoms with van der Waals surface area (Å²) in [6, 6.07) is 8.12. The van der Waals surface area contributed by atoms with Crippen LogP contribution in [0.15, 0.2) is 44.3 Å². The quantitative estimate of drug-likeness (QED) is 0.225. The molecule has 1 unspecified atom stereocenters. The van der Waals surface area contributed by atoms with Crippen LogP contribution in [-0.2, 0) is 9.53 Å². The van der Waals surface area contributed by atoms with Crippen molar-refractivity contribution in [1.82, 2.24) is 4.98 Å². The number of fused-ring (bicyclic) bond motifs is 2. The number of H-pyrrole nitrogens is 1. The smallest absolute Gasteiger partial charge is 0.336 e. The average Bonchev–Trinajstić information content (AvgIpc) is 2.77. The average molecular weight is 477 g/mol. The highest BCUT2D eigenvalue weighted by Crippen LogP contribution is 2.46. The molecular formula is C26H23NO8. The van der Waals surface area contributed by atoms with Crippen LogP contribution >= 0.6 is 0 Å². The maximum Gasteiger partial charge on any atom is 0.336 e. The van der Waals surface area contributed by atoms with Crippen LogP contribution in [0.2, 0.25) is 0 Å². The van der Waals surface area contributed by atoms with Crippen molar-refractivity contribution in [2.45, 2.75) is 33.1 Å². The molecule has 0 aliphatic carbocycles. The Hall–Kier alpha value is -4.40. The zero-order valence-corrected chi connectivity index (χ0v) is 19.5. The van der Waals surface area contributed by atoms with Crippen molar-refractivity contribution in [3.8, 4) is 11.5 Å². The third kappa shape index (κ3) is 3.95. The molecular weight excluding hydrogens is 454 g/mol. The van der Waals surface area contributed by atoms with Crippen LogP contribution in [-0.4, -0.2) is 34.1 Å².